The highest BCUT2D eigenvalue weighted by atomic mass is 16.5. The van der Waals surface area contributed by atoms with E-state index in [-0.39, 0.29) is 23.2 Å². The van der Waals surface area contributed by atoms with Crippen LogP contribution in [-0.2, 0) is 0 Å². The van der Waals surface area contributed by atoms with E-state index in [0.29, 0.717) is 5.56 Å². The molecule has 17 heavy (non-hydrogen) atoms. The lowest BCUT2D eigenvalue weighted by Crippen LogP contribution is -2.38. The van der Waals surface area contributed by atoms with Gasteiger partial charge in [-0.3, -0.25) is 9.59 Å². The van der Waals surface area contributed by atoms with Gasteiger partial charge >= 0.3 is 0 Å². The van der Waals surface area contributed by atoms with Gasteiger partial charge in [-0.25, -0.2) is 0 Å². The van der Waals surface area contributed by atoms with Crippen LogP contribution in [-0.4, -0.2) is 6.10 Å². The zero-order valence-corrected chi connectivity index (χ0v) is 12.4. The summed E-state index contributed by atoms with van der Waals surface area (Å²) in [5.41, 5.74) is -0.318. The topological polar surface area (TPSA) is 43.4 Å². The Morgan fingerprint density at radius 3 is 1.53 bits per heavy atom. The zero-order valence-electron chi connectivity index (χ0n) is 12.4. The van der Waals surface area contributed by atoms with Gasteiger partial charge in [0.15, 0.2) is 5.75 Å². The van der Waals surface area contributed by atoms with Gasteiger partial charge in [0.05, 0.1) is 11.7 Å². The van der Waals surface area contributed by atoms with Crippen LogP contribution >= 0.6 is 0 Å². The van der Waals surface area contributed by atoms with Crippen molar-refractivity contribution < 1.29 is 4.74 Å². The lowest BCUT2D eigenvalue weighted by Gasteiger charge is -2.16. The van der Waals surface area contributed by atoms with E-state index in [4.69, 9.17) is 4.74 Å². The van der Waals surface area contributed by atoms with Crippen LogP contribution in [0.2, 0.25) is 0 Å². The highest BCUT2D eigenvalue weighted by molar-refractivity contribution is 5.41. The summed E-state index contributed by atoms with van der Waals surface area (Å²) in [6, 6.07) is 0. The van der Waals surface area contributed by atoms with Crippen molar-refractivity contribution in [2.24, 2.45) is 0 Å². The Bertz CT molecular complexity index is 369. The summed E-state index contributed by atoms with van der Waals surface area (Å²) in [5, 5.41) is 0. The third kappa shape index (κ3) is 4.72. The monoisotopic (exact) mass is 242 g/mol. The first-order valence-corrected chi connectivity index (χ1v) is 6.45. The fourth-order valence-corrected chi connectivity index (χ4v) is 1.27. The van der Waals surface area contributed by atoms with E-state index in [2.05, 4.69) is 0 Å². The van der Waals surface area contributed by atoms with Crippen molar-refractivity contribution in [3.63, 3.8) is 0 Å². The van der Waals surface area contributed by atoms with Crippen LogP contribution in [0.5, 0.6) is 5.75 Å². The molecule has 1 aromatic rings. The van der Waals surface area contributed by atoms with Gasteiger partial charge in [0.2, 0.25) is 5.43 Å². The van der Waals surface area contributed by atoms with Gasteiger partial charge in [0.25, 0.3) is 5.43 Å². The second kappa shape index (κ2) is 8.97. The molecule has 0 N–H and O–H groups in total. The van der Waals surface area contributed by atoms with Gasteiger partial charge in [-0.2, -0.15) is 0 Å². The van der Waals surface area contributed by atoms with Crippen molar-refractivity contribution >= 4 is 0 Å². The van der Waals surface area contributed by atoms with Gasteiger partial charge in [0.1, 0.15) is 0 Å². The molecular formula is C14H26O3. The van der Waals surface area contributed by atoms with Crippen LogP contribution in [0, 0.1) is 0 Å². The van der Waals surface area contributed by atoms with Gasteiger partial charge in [0, 0.05) is 0 Å². The van der Waals surface area contributed by atoms with Crippen LogP contribution < -0.4 is 15.6 Å². The Balaban J connectivity index is 0. The van der Waals surface area contributed by atoms with Gasteiger partial charge in [-0.1, -0.05) is 41.5 Å². The van der Waals surface area contributed by atoms with Crippen molar-refractivity contribution in [3.8, 4) is 5.75 Å². The molecule has 0 spiro atoms. The third-order valence-corrected chi connectivity index (χ3v) is 1.83. The molecule has 0 amide bonds. The number of ether oxygens (including phenoxy) is 1. The highest BCUT2D eigenvalue weighted by Gasteiger charge is 2.25. The summed E-state index contributed by atoms with van der Waals surface area (Å²) >= 11 is 0. The van der Waals surface area contributed by atoms with Crippen LogP contribution in [0.1, 0.15) is 66.9 Å². The van der Waals surface area contributed by atoms with E-state index in [1.165, 1.54) is 0 Å². The first-order valence-electron chi connectivity index (χ1n) is 6.45. The average molecular weight is 242 g/mol. The molecule has 0 unspecified atom stereocenters. The highest BCUT2D eigenvalue weighted by Crippen LogP contribution is 2.21. The molecule has 0 atom stereocenters. The van der Waals surface area contributed by atoms with Crippen molar-refractivity contribution in [2.75, 3.05) is 0 Å². The van der Waals surface area contributed by atoms with E-state index >= 15 is 0 Å². The normalized spacial score (nSPS) is 9.53. The molecule has 0 aromatic heterocycles. The third-order valence-electron chi connectivity index (χ3n) is 1.83. The minimum absolute atomic E-state index is 0.0548. The van der Waals surface area contributed by atoms with E-state index in [0.717, 1.165) is 0 Å². The van der Waals surface area contributed by atoms with Gasteiger partial charge < -0.3 is 4.74 Å². The number of hydrogen-bond donors (Lipinski definition) is 0. The molecule has 0 aliphatic carbocycles. The summed E-state index contributed by atoms with van der Waals surface area (Å²) in [7, 11) is 0. The summed E-state index contributed by atoms with van der Waals surface area (Å²) in [6.45, 7) is 15.4. The Kier molecular flexibility index (Phi) is 9.63. The molecule has 0 aliphatic heterocycles. The molecule has 3 heteroatoms. The fraction of sp³-hybridized carbons (Fsp3) is 0.714. The summed E-state index contributed by atoms with van der Waals surface area (Å²) in [5.74, 6) is 0.342. The van der Waals surface area contributed by atoms with E-state index in [9.17, 15) is 9.59 Å². The van der Waals surface area contributed by atoms with Crippen LogP contribution in [0.4, 0.5) is 0 Å². The maximum atomic E-state index is 11.1. The van der Waals surface area contributed by atoms with Crippen LogP contribution in [0.3, 0.4) is 0 Å². The SMILES string of the molecule is CC.CC.CC(C)Oc1c(C(C)C)c(=O)c1=O. The maximum absolute atomic E-state index is 11.1. The van der Waals surface area contributed by atoms with E-state index in [1.54, 1.807) is 0 Å². The Morgan fingerprint density at radius 2 is 1.24 bits per heavy atom. The molecule has 0 radical (unpaired) electrons. The largest absolute Gasteiger partial charge is 0.486 e. The predicted molar refractivity (Wildman–Crippen MR) is 73.9 cm³/mol. The lowest BCUT2D eigenvalue weighted by atomic mass is 9.97. The first-order chi connectivity index (χ1) is 7.95. The van der Waals surface area contributed by atoms with E-state index in [1.807, 2.05) is 55.4 Å². The zero-order chi connectivity index (χ0) is 14.2. The van der Waals surface area contributed by atoms with Gasteiger partial charge in [-0.15, -0.1) is 0 Å². The van der Waals surface area contributed by atoms with Crippen LogP contribution in [0.15, 0.2) is 9.59 Å². The summed E-state index contributed by atoms with van der Waals surface area (Å²) in [6.07, 6.45) is -0.0548. The van der Waals surface area contributed by atoms with Crippen molar-refractivity contribution in [3.05, 3.63) is 26.0 Å². The maximum Gasteiger partial charge on any atom is 0.268 e. The quantitative estimate of drug-likeness (QED) is 0.764. The smallest absolute Gasteiger partial charge is 0.268 e. The van der Waals surface area contributed by atoms with Crippen molar-refractivity contribution in [1.82, 2.24) is 0 Å². The van der Waals surface area contributed by atoms with Crippen LogP contribution in [0.25, 0.3) is 0 Å². The van der Waals surface area contributed by atoms with E-state index < -0.39 is 5.43 Å². The van der Waals surface area contributed by atoms with Crippen molar-refractivity contribution in [2.45, 2.75) is 67.4 Å². The molecule has 0 bridgehead atoms. The van der Waals surface area contributed by atoms with Gasteiger partial charge in [-0.05, 0) is 19.8 Å². The minimum atomic E-state index is -0.475. The molecule has 1 rings (SSSR count). The fourth-order valence-electron chi connectivity index (χ4n) is 1.27. The number of rotatable bonds is 3. The minimum Gasteiger partial charge on any atom is -0.486 e. The standard InChI is InChI=1S/C10H14O3.2C2H6/c1-5(2)7-8(11)9(12)10(7)13-6(3)4;2*1-2/h5-6H,1-4H3;2*1-2H3. The number of hydrogen-bond acceptors (Lipinski definition) is 3. The Hall–Kier alpha value is -1.12. The molecule has 0 aliphatic rings. The molecule has 0 heterocycles. The second-order valence-corrected chi connectivity index (χ2v) is 3.72. The molecular weight excluding hydrogens is 216 g/mol. The first kappa shape index (κ1) is 18.3. The average Bonchev–Trinajstić information content (AvgIpc) is 2.32. The summed E-state index contributed by atoms with van der Waals surface area (Å²) in [4.78, 5) is 22.2. The van der Waals surface area contributed by atoms with Crippen molar-refractivity contribution in [1.29, 1.82) is 0 Å². The molecule has 0 fully saturated rings. The Labute approximate surface area is 105 Å². The molecule has 3 nitrogen and oxygen atoms in total. The lowest BCUT2D eigenvalue weighted by molar-refractivity contribution is 0.233. The molecule has 0 saturated heterocycles. The second-order valence-electron chi connectivity index (χ2n) is 3.72. The molecule has 0 saturated carbocycles. The Morgan fingerprint density at radius 1 is 0.824 bits per heavy atom. The summed E-state index contributed by atoms with van der Waals surface area (Å²) < 4.78 is 5.25. The molecule has 1 aromatic carbocycles. The molecule has 100 valence electrons. The predicted octanol–water partition coefficient (Wildman–Crippen LogP) is 3.25.